The van der Waals surface area contributed by atoms with E-state index in [2.05, 4.69) is 10.1 Å². The van der Waals surface area contributed by atoms with Crippen LogP contribution < -0.4 is 4.74 Å². The topological polar surface area (TPSA) is 91.3 Å². The Morgan fingerprint density at radius 1 is 1.08 bits per heavy atom. The minimum absolute atomic E-state index is 0.0296. The highest BCUT2D eigenvalue weighted by Crippen LogP contribution is 2.20. The lowest BCUT2D eigenvalue weighted by atomic mass is 10.1. The molecule has 1 aromatic heterocycles. The molecule has 2 aromatic carbocycles. The highest BCUT2D eigenvalue weighted by Gasteiger charge is 2.11. The Hall–Kier alpha value is -3.22. The van der Waals surface area contributed by atoms with Gasteiger partial charge in [0.05, 0.1) is 12.0 Å². The summed E-state index contributed by atoms with van der Waals surface area (Å²) in [6, 6.07) is 13.9. The number of hydrogen-bond donors (Lipinski definition) is 0. The Bertz CT molecular complexity index is 826. The number of non-ortho nitro benzene ring substituents is 1. The van der Waals surface area contributed by atoms with E-state index in [1.807, 2.05) is 24.3 Å². The second-order valence-electron chi connectivity index (χ2n) is 5.16. The first-order chi connectivity index (χ1) is 11.7. The molecule has 1 heterocycles. The highest BCUT2D eigenvalue weighted by molar-refractivity contribution is 5.56. The van der Waals surface area contributed by atoms with Gasteiger partial charge < -0.3 is 9.26 Å². The Morgan fingerprint density at radius 2 is 1.79 bits per heavy atom. The molecule has 0 spiro atoms. The van der Waals surface area contributed by atoms with Crippen molar-refractivity contribution >= 4 is 5.69 Å². The number of hydrogen-bond acceptors (Lipinski definition) is 6. The van der Waals surface area contributed by atoms with Crippen molar-refractivity contribution in [2.45, 2.75) is 12.8 Å². The monoisotopic (exact) mass is 325 g/mol. The van der Waals surface area contributed by atoms with Crippen LogP contribution in [0.5, 0.6) is 5.75 Å². The summed E-state index contributed by atoms with van der Waals surface area (Å²) < 4.78 is 10.4. The van der Waals surface area contributed by atoms with Gasteiger partial charge in [0.2, 0.25) is 11.7 Å². The molecule has 0 atom stereocenters. The number of aromatic nitrogens is 2. The molecule has 7 nitrogen and oxygen atoms in total. The quantitative estimate of drug-likeness (QED) is 0.509. The lowest BCUT2D eigenvalue weighted by Crippen LogP contribution is -1.92. The smallest absolute Gasteiger partial charge is 0.269 e. The highest BCUT2D eigenvalue weighted by atomic mass is 16.6. The van der Waals surface area contributed by atoms with Crippen molar-refractivity contribution in [2.24, 2.45) is 0 Å². The molecule has 0 aliphatic heterocycles. The Labute approximate surface area is 138 Å². The summed E-state index contributed by atoms with van der Waals surface area (Å²) in [5.41, 5.74) is 1.85. The van der Waals surface area contributed by atoms with Crippen molar-refractivity contribution in [1.82, 2.24) is 10.1 Å². The lowest BCUT2D eigenvalue weighted by molar-refractivity contribution is -0.384. The van der Waals surface area contributed by atoms with Crippen molar-refractivity contribution in [2.75, 3.05) is 7.11 Å². The predicted octanol–water partition coefficient (Wildman–Crippen LogP) is 3.44. The molecule has 0 amide bonds. The van der Waals surface area contributed by atoms with E-state index in [9.17, 15) is 10.1 Å². The van der Waals surface area contributed by atoms with Crippen molar-refractivity contribution in [3.63, 3.8) is 0 Å². The zero-order chi connectivity index (χ0) is 16.9. The Morgan fingerprint density at radius 3 is 2.42 bits per heavy atom. The van der Waals surface area contributed by atoms with E-state index < -0.39 is 4.92 Å². The first kappa shape index (κ1) is 15.7. The van der Waals surface area contributed by atoms with Gasteiger partial charge in [0.1, 0.15) is 5.75 Å². The molecule has 3 aromatic rings. The first-order valence-corrected chi connectivity index (χ1v) is 7.36. The van der Waals surface area contributed by atoms with Gasteiger partial charge in [0.25, 0.3) is 5.69 Å². The Kier molecular flexibility index (Phi) is 4.51. The third-order valence-electron chi connectivity index (χ3n) is 3.59. The molecule has 0 aliphatic carbocycles. The molecule has 0 saturated carbocycles. The van der Waals surface area contributed by atoms with Crippen LogP contribution in [0.1, 0.15) is 11.5 Å². The molecule has 7 heteroatoms. The molecule has 0 N–H and O–H groups in total. The van der Waals surface area contributed by atoms with Crippen LogP contribution in [0.2, 0.25) is 0 Å². The summed E-state index contributed by atoms with van der Waals surface area (Å²) in [5.74, 6) is 1.77. The van der Waals surface area contributed by atoms with E-state index in [4.69, 9.17) is 9.26 Å². The fourth-order valence-corrected chi connectivity index (χ4v) is 2.25. The van der Waals surface area contributed by atoms with Crippen LogP contribution in [0.3, 0.4) is 0 Å². The fourth-order valence-electron chi connectivity index (χ4n) is 2.25. The molecule has 0 fully saturated rings. The SMILES string of the molecule is COc1ccc(CCc2nc(-c3ccc([N+](=O)[O-])cc3)no2)cc1. The number of nitrogens with zero attached hydrogens (tertiary/aromatic N) is 3. The number of nitro groups is 1. The molecule has 0 saturated heterocycles. The standard InChI is InChI=1S/C17H15N3O4/c1-23-15-9-2-12(3-10-15)4-11-16-18-17(19-24-16)13-5-7-14(8-6-13)20(21)22/h2-3,5-10H,4,11H2,1H3. The van der Waals surface area contributed by atoms with Crippen LogP contribution in [0, 0.1) is 10.1 Å². The van der Waals surface area contributed by atoms with Gasteiger partial charge in [-0.15, -0.1) is 0 Å². The first-order valence-electron chi connectivity index (χ1n) is 7.36. The van der Waals surface area contributed by atoms with Crippen LogP contribution in [0.4, 0.5) is 5.69 Å². The Balaban J connectivity index is 1.65. The summed E-state index contributed by atoms with van der Waals surface area (Å²) in [6.07, 6.45) is 1.39. The summed E-state index contributed by atoms with van der Waals surface area (Å²) in [7, 11) is 1.63. The van der Waals surface area contributed by atoms with E-state index >= 15 is 0 Å². The number of benzene rings is 2. The maximum atomic E-state index is 10.7. The van der Waals surface area contributed by atoms with E-state index in [-0.39, 0.29) is 5.69 Å². The summed E-state index contributed by atoms with van der Waals surface area (Å²) in [5, 5.41) is 14.6. The van der Waals surface area contributed by atoms with Crippen LogP contribution >= 0.6 is 0 Å². The van der Waals surface area contributed by atoms with Gasteiger partial charge in [0, 0.05) is 24.1 Å². The maximum Gasteiger partial charge on any atom is 0.269 e. The van der Waals surface area contributed by atoms with Crippen LogP contribution in [0.15, 0.2) is 53.1 Å². The van der Waals surface area contributed by atoms with Gasteiger partial charge >= 0.3 is 0 Å². The van der Waals surface area contributed by atoms with Gasteiger partial charge in [-0.1, -0.05) is 17.3 Å². The molecule has 3 rings (SSSR count). The number of nitro benzene ring substituents is 1. The average molecular weight is 325 g/mol. The zero-order valence-corrected chi connectivity index (χ0v) is 13.0. The zero-order valence-electron chi connectivity index (χ0n) is 13.0. The van der Waals surface area contributed by atoms with Gasteiger partial charge in [-0.2, -0.15) is 4.98 Å². The predicted molar refractivity (Wildman–Crippen MR) is 86.8 cm³/mol. The molecule has 0 bridgehead atoms. The minimum atomic E-state index is -0.444. The van der Waals surface area contributed by atoms with Crippen LogP contribution in [-0.4, -0.2) is 22.2 Å². The number of ether oxygens (including phenoxy) is 1. The summed E-state index contributed by atoms with van der Waals surface area (Å²) in [4.78, 5) is 14.5. The van der Waals surface area contributed by atoms with Gasteiger partial charge in [0.15, 0.2) is 0 Å². The third-order valence-corrected chi connectivity index (χ3v) is 3.59. The normalized spacial score (nSPS) is 10.5. The molecule has 24 heavy (non-hydrogen) atoms. The van der Waals surface area contributed by atoms with Gasteiger partial charge in [-0.05, 0) is 36.2 Å². The van der Waals surface area contributed by atoms with Crippen molar-refractivity contribution in [3.8, 4) is 17.1 Å². The second-order valence-corrected chi connectivity index (χ2v) is 5.16. The van der Waals surface area contributed by atoms with Crippen molar-refractivity contribution in [3.05, 3.63) is 70.1 Å². The molecular weight excluding hydrogens is 310 g/mol. The third kappa shape index (κ3) is 3.57. The summed E-state index contributed by atoms with van der Waals surface area (Å²) >= 11 is 0. The minimum Gasteiger partial charge on any atom is -0.497 e. The van der Waals surface area contributed by atoms with Gasteiger partial charge in [-0.3, -0.25) is 10.1 Å². The van der Waals surface area contributed by atoms with E-state index in [0.29, 0.717) is 23.7 Å². The lowest BCUT2D eigenvalue weighted by Gasteiger charge is -2.01. The van der Waals surface area contributed by atoms with Crippen molar-refractivity contribution in [1.29, 1.82) is 0 Å². The molecule has 0 radical (unpaired) electrons. The van der Waals surface area contributed by atoms with E-state index in [1.165, 1.54) is 12.1 Å². The van der Waals surface area contributed by atoms with Crippen LogP contribution in [-0.2, 0) is 12.8 Å². The van der Waals surface area contributed by atoms with E-state index in [0.717, 1.165) is 17.7 Å². The number of aryl methyl sites for hydroxylation is 2. The average Bonchev–Trinajstić information content (AvgIpc) is 3.09. The second kappa shape index (κ2) is 6.91. The number of rotatable bonds is 6. The molecule has 0 unspecified atom stereocenters. The van der Waals surface area contributed by atoms with Gasteiger partial charge in [-0.25, -0.2) is 0 Å². The largest absolute Gasteiger partial charge is 0.497 e. The molecule has 122 valence electrons. The van der Waals surface area contributed by atoms with E-state index in [1.54, 1.807) is 19.2 Å². The van der Waals surface area contributed by atoms with Crippen molar-refractivity contribution < 1.29 is 14.2 Å². The molecule has 0 aliphatic rings. The molecular formula is C17H15N3O4. The maximum absolute atomic E-state index is 10.7. The summed E-state index contributed by atoms with van der Waals surface area (Å²) in [6.45, 7) is 0. The van der Waals surface area contributed by atoms with Crippen LogP contribution in [0.25, 0.3) is 11.4 Å². The fraction of sp³-hybridized carbons (Fsp3) is 0.176. The number of methoxy groups -OCH3 is 1.